The second kappa shape index (κ2) is 5.79. The zero-order valence-corrected chi connectivity index (χ0v) is 11.7. The maximum absolute atomic E-state index is 12.6. The van der Waals surface area contributed by atoms with E-state index in [1.807, 2.05) is 4.90 Å². The molecule has 1 amide bonds. The molecule has 0 aromatic carbocycles. The average Bonchev–Trinajstić information content (AvgIpc) is 2.54. The Morgan fingerprint density at radius 2 is 2.25 bits per heavy atom. The molecule has 2 unspecified atom stereocenters. The molecule has 108 valence electrons. The molecule has 3 rings (SSSR count). The fourth-order valence-electron chi connectivity index (χ4n) is 3.14. The van der Waals surface area contributed by atoms with Crippen LogP contribution in [0.3, 0.4) is 0 Å². The van der Waals surface area contributed by atoms with Gasteiger partial charge in [0.2, 0.25) is 5.88 Å². The van der Waals surface area contributed by atoms with Crippen molar-refractivity contribution in [1.29, 1.82) is 0 Å². The van der Waals surface area contributed by atoms with E-state index in [2.05, 4.69) is 4.98 Å². The average molecular weight is 276 g/mol. The minimum atomic E-state index is 0.0559. The summed E-state index contributed by atoms with van der Waals surface area (Å²) in [4.78, 5) is 18.7. The first-order chi connectivity index (χ1) is 9.79. The molecule has 1 aromatic heterocycles. The first-order valence-corrected chi connectivity index (χ1v) is 7.22. The molecule has 0 spiro atoms. The summed E-state index contributed by atoms with van der Waals surface area (Å²) in [5.74, 6) is 0.583. The van der Waals surface area contributed by atoms with E-state index in [0.29, 0.717) is 24.6 Å². The van der Waals surface area contributed by atoms with E-state index in [1.54, 1.807) is 25.4 Å². The predicted octanol–water partition coefficient (Wildman–Crippen LogP) is 1.87. The molecular formula is C15H20N2O3. The predicted molar refractivity (Wildman–Crippen MR) is 73.8 cm³/mol. The Labute approximate surface area is 118 Å². The van der Waals surface area contributed by atoms with Crippen LogP contribution in [0.2, 0.25) is 0 Å². The highest BCUT2D eigenvalue weighted by atomic mass is 16.5. The number of fused-ring (bicyclic) bond motifs is 1. The Hall–Kier alpha value is -1.62. The van der Waals surface area contributed by atoms with Crippen molar-refractivity contribution in [1.82, 2.24) is 9.88 Å². The van der Waals surface area contributed by atoms with Gasteiger partial charge in [-0.25, -0.2) is 4.98 Å². The molecule has 1 aliphatic carbocycles. The number of amides is 1. The van der Waals surface area contributed by atoms with E-state index < -0.39 is 0 Å². The van der Waals surface area contributed by atoms with Gasteiger partial charge in [0.15, 0.2) is 0 Å². The van der Waals surface area contributed by atoms with Crippen molar-refractivity contribution < 1.29 is 14.3 Å². The highest BCUT2D eigenvalue weighted by molar-refractivity contribution is 5.94. The molecule has 0 N–H and O–H groups in total. The number of ether oxygens (including phenoxy) is 2. The van der Waals surface area contributed by atoms with Crippen LogP contribution in [-0.4, -0.2) is 48.2 Å². The molecule has 0 bridgehead atoms. The number of nitrogens with zero attached hydrogens (tertiary/aromatic N) is 2. The van der Waals surface area contributed by atoms with Gasteiger partial charge in [0.05, 0.1) is 31.4 Å². The Morgan fingerprint density at radius 1 is 1.40 bits per heavy atom. The smallest absolute Gasteiger partial charge is 0.255 e. The molecule has 2 fully saturated rings. The fourth-order valence-corrected chi connectivity index (χ4v) is 3.14. The normalized spacial score (nSPS) is 25.9. The van der Waals surface area contributed by atoms with Crippen LogP contribution in [0.4, 0.5) is 0 Å². The minimum absolute atomic E-state index is 0.0559. The van der Waals surface area contributed by atoms with Crippen LogP contribution < -0.4 is 4.74 Å². The molecule has 1 aromatic rings. The molecule has 20 heavy (non-hydrogen) atoms. The van der Waals surface area contributed by atoms with Gasteiger partial charge < -0.3 is 14.4 Å². The van der Waals surface area contributed by atoms with Crippen LogP contribution in [0.5, 0.6) is 5.88 Å². The summed E-state index contributed by atoms with van der Waals surface area (Å²) >= 11 is 0. The van der Waals surface area contributed by atoms with Gasteiger partial charge in [-0.3, -0.25) is 4.79 Å². The maximum Gasteiger partial charge on any atom is 0.255 e. The molecule has 2 heterocycles. The molecule has 5 nitrogen and oxygen atoms in total. The second-order valence-corrected chi connectivity index (χ2v) is 5.35. The number of carbonyl (C=O) groups excluding carboxylic acids is 1. The first-order valence-electron chi connectivity index (χ1n) is 7.22. The van der Waals surface area contributed by atoms with Crippen LogP contribution in [0, 0.1) is 0 Å². The van der Waals surface area contributed by atoms with E-state index in [0.717, 1.165) is 12.8 Å². The Balaban J connectivity index is 1.77. The molecule has 1 aliphatic heterocycles. The van der Waals surface area contributed by atoms with Crippen LogP contribution in [0.15, 0.2) is 18.3 Å². The maximum atomic E-state index is 12.6. The van der Waals surface area contributed by atoms with E-state index in [4.69, 9.17) is 9.47 Å². The van der Waals surface area contributed by atoms with Gasteiger partial charge in [-0.15, -0.1) is 0 Å². The lowest BCUT2D eigenvalue weighted by atomic mass is 9.90. The first kappa shape index (κ1) is 13.4. The summed E-state index contributed by atoms with van der Waals surface area (Å²) in [6, 6.07) is 3.74. The number of rotatable bonds is 2. The number of carbonyl (C=O) groups is 1. The lowest BCUT2D eigenvalue weighted by Gasteiger charge is -2.43. The third kappa shape index (κ3) is 2.50. The highest BCUT2D eigenvalue weighted by Gasteiger charge is 2.36. The number of aromatic nitrogens is 1. The second-order valence-electron chi connectivity index (χ2n) is 5.35. The Morgan fingerprint density at radius 3 is 3.00 bits per heavy atom. The zero-order valence-electron chi connectivity index (χ0n) is 11.7. The molecule has 2 aliphatic rings. The van der Waals surface area contributed by atoms with Gasteiger partial charge in [0, 0.05) is 18.8 Å². The largest absolute Gasteiger partial charge is 0.481 e. The fraction of sp³-hybridized carbons (Fsp3) is 0.600. The summed E-state index contributed by atoms with van der Waals surface area (Å²) in [5, 5.41) is 0. The topological polar surface area (TPSA) is 51.7 Å². The summed E-state index contributed by atoms with van der Waals surface area (Å²) in [7, 11) is 1.57. The molecule has 2 atom stereocenters. The van der Waals surface area contributed by atoms with Gasteiger partial charge in [-0.05, 0) is 18.9 Å². The Kier molecular flexibility index (Phi) is 3.87. The lowest BCUT2D eigenvalue weighted by Crippen LogP contribution is -2.54. The number of methoxy groups -OCH3 is 1. The van der Waals surface area contributed by atoms with Crippen molar-refractivity contribution >= 4 is 5.91 Å². The number of pyridine rings is 1. The van der Waals surface area contributed by atoms with Crippen LogP contribution >= 0.6 is 0 Å². The SMILES string of the molecule is COc1ccc(C(=O)N2CCOC3CCCCC32)cn1. The van der Waals surface area contributed by atoms with Crippen molar-refractivity contribution in [2.24, 2.45) is 0 Å². The van der Waals surface area contributed by atoms with Gasteiger partial charge in [-0.2, -0.15) is 0 Å². The standard InChI is InChI=1S/C15H20N2O3/c1-19-14-7-6-11(10-16-14)15(18)17-8-9-20-13-5-3-2-4-12(13)17/h6-7,10,12-13H,2-5,8-9H2,1H3. The van der Waals surface area contributed by atoms with Gasteiger partial charge in [-0.1, -0.05) is 12.8 Å². The molecule has 1 saturated heterocycles. The van der Waals surface area contributed by atoms with E-state index in [1.165, 1.54) is 12.8 Å². The molecule has 1 saturated carbocycles. The number of hydrogen-bond acceptors (Lipinski definition) is 4. The van der Waals surface area contributed by atoms with Crippen molar-refractivity contribution in [3.63, 3.8) is 0 Å². The minimum Gasteiger partial charge on any atom is -0.481 e. The Bertz CT molecular complexity index is 473. The van der Waals surface area contributed by atoms with E-state index in [-0.39, 0.29) is 18.1 Å². The summed E-state index contributed by atoms with van der Waals surface area (Å²) in [6.07, 6.45) is 6.29. The van der Waals surface area contributed by atoms with E-state index >= 15 is 0 Å². The van der Waals surface area contributed by atoms with Crippen molar-refractivity contribution in [3.8, 4) is 5.88 Å². The molecule has 5 heteroatoms. The van der Waals surface area contributed by atoms with Gasteiger partial charge in [0.25, 0.3) is 5.91 Å². The zero-order chi connectivity index (χ0) is 13.9. The number of hydrogen-bond donors (Lipinski definition) is 0. The highest BCUT2D eigenvalue weighted by Crippen LogP contribution is 2.29. The van der Waals surface area contributed by atoms with Gasteiger partial charge >= 0.3 is 0 Å². The molecule has 0 radical (unpaired) electrons. The monoisotopic (exact) mass is 276 g/mol. The summed E-state index contributed by atoms with van der Waals surface area (Å²) in [6.45, 7) is 1.31. The lowest BCUT2D eigenvalue weighted by molar-refractivity contribution is -0.0752. The van der Waals surface area contributed by atoms with E-state index in [9.17, 15) is 4.79 Å². The van der Waals surface area contributed by atoms with Crippen molar-refractivity contribution in [2.75, 3.05) is 20.3 Å². The molecular weight excluding hydrogens is 256 g/mol. The van der Waals surface area contributed by atoms with Crippen molar-refractivity contribution in [2.45, 2.75) is 37.8 Å². The quantitative estimate of drug-likeness (QED) is 0.827. The third-order valence-electron chi connectivity index (χ3n) is 4.19. The summed E-state index contributed by atoms with van der Waals surface area (Å²) < 4.78 is 10.8. The van der Waals surface area contributed by atoms with Crippen LogP contribution in [-0.2, 0) is 4.74 Å². The number of morpholine rings is 1. The van der Waals surface area contributed by atoms with Crippen LogP contribution in [0.25, 0.3) is 0 Å². The summed E-state index contributed by atoms with van der Waals surface area (Å²) in [5.41, 5.74) is 0.622. The van der Waals surface area contributed by atoms with Gasteiger partial charge in [0.1, 0.15) is 0 Å². The van der Waals surface area contributed by atoms with Crippen LogP contribution in [0.1, 0.15) is 36.0 Å². The third-order valence-corrected chi connectivity index (χ3v) is 4.19. The van der Waals surface area contributed by atoms with Crippen molar-refractivity contribution in [3.05, 3.63) is 23.9 Å².